The lowest BCUT2D eigenvalue weighted by Gasteiger charge is -2.45. The molecule has 57 heavy (non-hydrogen) atoms. The van der Waals surface area contributed by atoms with Crippen LogP contribution >= 0.6 is 0 Å². The summed E-state index contributed by atoms with van der Waals surface area (Å²) in [5.74, 6) is -6.77. The number of hydrogen-bond donors (Lipinski definition) is 7. The van der Waals surface area contributed by atoms with Crippen molar-refractivity contribution in [2.45, 2.75) is 142 Å². The van der Waals surface area contributed by atoms with Gasteiger partial charge in [0, 0.05) is 5.92 Å². The number of hydrogen-bond acceptors (Lipinski definition) is 12. The van der Waals surface area contributed by atoms with Gasteiger partial charge in [-0.05, 0) is 71.3 Å². The molecule has 1 saturated carbocycles. The smallest absolute Gasteiger partial charge is 0.417 e. The van der Waals surface area contributed by atoms with Crippen LogP contribution in [0.1, 0.15) is 93.6 Å². The second-order valence-electron chi connectivity index (χ2n) is 16.3. The normalized spacial score (nSPS) is 17.5. The Bertz CT molecular complexity index is 1560. The molecule has 8 N–H and O–H groups in total. The minimum absolute atomic E-state index is 0.0992. The van der Waals surface area contributed by atoms with E-state index in [1.165, 1.54) is 21.0 Å². The molecule has 1 aromatic carbocycles. The zero-order valence-electron chi connectivity index (χ0n) is 34.9. The van der Waals surface area contributed by atoms with Gasteiger partial charge in [-0.3, -0.25) is 24.0 Å². The second kappa shape index (κ2) is 21.2. The summed E-state index contributed by atoms with van der Waals surface area (Å²) in [6.07, 6.45) is -0.470. The number of amides is 6. The van der Waals surface area contributed by atoms with Crippen LogP contribution in [0, 0.1) is 17.8 Å². The molecule has 1 aliphatic carbocycles. The van der Waals surface area contributed by atoms with Gasteiger partial charge in [-0.2, -0.15) is 0 Å². The molecule has 0 spiro atoms. The van der Waals surface area contributed by atoms with Crippen molar-refractivity contribution in [3.8, 4) is 0 Å². The maximum Gasteiger partial charge on any atom is 0.417 e. The van der Waals surface area contributed by atoms with Gasteiger partial charge in [0.15, 0.2) is 0 Å². The van der Waals surface area contributed by atoms with Crippen LogP contribution in [0.2, 0.25) is 0 Å². The van der Waals surface area contributed by atoms with Gasteiger partial charge in [0.25, 0.3) is 5.91 Å². The summed E-state index contributed by atoms with van der Waals surface area (Å²) < 4.78 is 10.4. The molecule has 320 valence electrons. The number of imide groups is 1. The van der Waals surface area contributed by atoms with Crippen LogP contribution in [0.3, 0.4) is 0 Å². The lowest BCUT2D eigenvalue weighted by Crippen LogP contribution is -2.74. The molecule has 7 atom stereocenters. The maximum absolute atomic E-state index is 14.7. The first-order valence-corrected chi connectivity index (χ1v) is 19.5. The standard InChI is InChI=1S/C40H64N6O11/c1-22(2)30(36(53)56-10)44-37(54)40(23(3)4,45-33(50)27-18-14-15-19-27)31(48)29(20-26-16-12-11-13-17-26)43-32(49)25(6)46(38(55)57-39(7,8)9)35(52)24(5)42-34(51)28(41)21-47/h11-13,16-17,22-25,27-31,47-48H,14-15,18-21,41H2,1-10H3,(H,42,51)(H,43,49)(H,44,54)(H,45,50)/t24-,25-,28-,29?,30-,31?,40+/m0/s1. The molecule has 1 fully saturated rings. The van der Waals surface area contributed by atoms with Gasteiger partial charge in [-0.15, -0.1) is 0 Å². The third kappa shape index (κ3) is 12.9. The highest BCUT2D eigenvalue weighted by molar-refractivity contribution is 6.01. The number of esters is 1. The number of carbonyl (C=O) groups excluding carboxylic acids is 7. The van der Waals surface area contributed by atoms with Crippen molar-refractivity contribution in [2.75, 3.05) is 13.7 Å². The van der Waals surface area contributed by atoms with Crippen molar-refractivity contribution in [3.05, 3.63) is 35.9 Å². The molecule has 0 heterocycles. The summed E-state index contributed by atoms with van der Waals surface area (Å²) in [5.41, 5.74) is 2.94. The third-order valence-corrected chi connectivity index (χ3v) is 10.1. The molecule has 0 saturated heterocycles. The van der Waals surface area contributed by atoms with Crippen molar-refractivity contribution >= 4 is 41.6 Å². The van der Waals surface area contributed by atoms with Gasteiger partial charge < -0.3 is 46.7 Å². The van der Waals surface area contributed by atoms with Gasteiger partial charge in [0.05, 0.1) is 19.8 Å². The Morgan fingerprint density at radius 3 is 1.96 bits per heavy atom. The first-order chi connectivity index (χ1) is 26.5. The molecule has 2 unspecified atom stereocenters. The molecule has 0 aromatic heterocycles. The summed E-state index contributed by atoms with van der Waals surface area (Å²) in [4.78, 5) is 96.2. The van der Waals surface area contributed by atoms with Crippen LogP contribution in [0.4, 0.5) is 4.79 Å². The van der Waals surface area contributed by atoms with E-state index in [-0.39, 0.29) is 6.42 Å². The van der Waals surface area contributed by atoms with Crippen molar-refractivity contribution in [3.63, 3.8) is 0 Å². The molecule has 2 rings (SSSR count). The van der Waals surface area contributed by atoms with Crippen molar-refractivity contribution in [2.24, 2.45) is 23.5 Å². The van der Waals surface area contributed by atoms with Crippen molar-refractivity contribution in [1.82, 2.24) is 26.2 Å². The number of rotatable bonds is 18. The number of nitrogens with one attached hydrogen (secondary N) is 4. The number of nitrogens with two attached hydrogens (primary N) is 1. The third-order valence-electron chi connectivity index (χ3n) is 10.1. The Labute approximate surface area is 335 Å². The Kier molecular flexibility index (Phi) is 18.1. The van der Waals surface area contributed by atoms with Gasteiger partial charge in [0.1, 0.15) is 41.4 Å². The molecule has 0 bridgehead atoms. The number of aliphatic hydroxyl groups excluding tert-OH is 2. The van der Waals surface area contributed by atoms with Gasteiger partial charge in [-0.1, -0.05) is 70.9 Å². The number of benzene rings is 1. The Hall–Kier alpha value is -4.61. The van der Waals surface area contributed by atoms with Crippen molar-refractivity contribution in [1.29, 1.82) is 0 Å². The fourth-order valence-corrected chi connectivity index (χ4v) is 6.66. The summed E-state index contributed by atoms with van der Waals surface area (Å²) in [6.45, 7) is 13.1. The summed E-state index contributed by atoms with van der Waals surface area (Å²) in [5, 5.41) is 32.5. The highest BCUT2D eigenvalue weighted by Gasteiger charge is 2.54. The summed E-state index contributed by atoms with van der Waals surface area (Å²) >= 11 is 0. The van der Waals surface area contributed by atoms with Crippen LogP contribution in [0.5, 0.6) is 0 Å². The first kappa shape index (κ1) is 48.5. The maximum atomic E-state index is 14.7. The van der Waals surface area contributed by atoms with E-state index < -0.39 is 113 Å². The van der Waals surface area contributed by atoms with E-state index in [0.717, 1.165) is 12.8 Å². The van der Waals surface area contributed by atoms with Gasteiger partial charge >= 0.3 is 12.1 Å². The molecular formula is C40H64N6O11. The second-order valence-corrected chi connectivity index (χ2v) is 16.3. The quantitative estimate of drug-likeness (QED) is 0.103. The predicted octanol–water partition coefficient (Wildman–Crippen LogP) is 1.07. The minimum Gasteiger partial charge on any atom is -0.467 e. The van der Waals surface area contributed by atoms with E-state index in [1.807, 2.05) is 0 Å². The molecule has 17 heteroatoms. The van der Waals surface area contributed by atoms with E-state index in [4.69, 9.17) is 15.2 Å². The number of carbonyl (C=O) groups is 7. The number of methoxy groups -OCH3 is 1. The highest BCUT2D eigenvalue weighted by atomic mass is 16.6. The van der Waals surface area contributed by atoms with Gasteiger partial charge in [0.2, 0.25) is 23.6 Å². The van der Waals surface area contributed by atoms with Gasteiger partial charge in [-0.25, -0.2) is 14.5 Å². The Morgan fingerprint density at radius 2 is 1.47 bits per heavy atom. The number of nitrogens with zero attached hydrogens (tertiary/aromatic N) is 1. The topological polar surface area (TPSA) is 256 Å². The largest absolute Gasteiger partial charge is 0.467 e. The average Bonchev–Trinajstić information content (AvgIpc) is 3.69. The SMILES string of the molecule is COC(=O)[C@@H](NC(=O)[C@@](NC(=O)C1CCCC1)(C(C)C)C(O)C(Cc1ccccc1)NC(=O)[C@H](C)N(C(=O)OC(C)(C)C)C(=O)[C@H](C)NC(=O)[C@@H](N)CO)C(C)C. The van der Waals surface area contributed by atoms with E-state index >= 15 is 0 Å². The van der Waals surface area contributed by atoms with E-state index in [1.54, 1.807) is 78.8 Å². The Balaban J connectivity index is 2.73. The lowest BCUT2D eigenvalue weighted by atomic mass is 9.75. The van der Waals surface area contributed by atoms with Crippen LogP contribution in [0.25, 0.3) is 0 Å². The molecule has 6 amide bonds. The van der Waals surface area contributed by atoms with Crippen LogP contribution in [-0.4, -0.2) is 118 Å². The molecular weight excluding hydrogens is 740 g/mol. The average molecular weight is 805 g/mol. The molecule has 1 aromatic rings. The summed E-state index contributed by atoms with van der Waals surface area (Å²) in [6, 6.07) is 1.73. The van der Waals surface area contributed by atoms with E-state index in [0.29, 0.717) is 23.3 Å². The zero-order valence-corrected chi connectivity index (χ0v) is 34.9. The highest BCUT2D eigenvalue weighted by Crippen LogP contribution is 2.31. The van der Waals surface area contributed by atoms with E-state index in [9.17, 15) is 43.8 Å². The fraction of sp³-hybridized carbons (Fsp3) is 0.675. The summed E-state index contributed by atoms with van der Waals surface area (Å²) in [7, 11) is 1.17. The molecule has 17 nitrogen and oxygen atoms in total. The lowest BCUT2D eigenvalue weighted by molar-refractivity contribution is -0.152. The first-order valence-electron chi connectivity index (χ1n) is 19.5. The monoisotopic (exact) mass is 804 g/mol. The van der Waals surface area contributed by atoms with E-state index in [2.05, 4.69) is 21.3 Å². The van der Waals surface area contributed by atoms with Crippen LogP contribution < -0.4 is 27.0 Å². The van der Waals surface area contributed by atoms with Crippen LogP contribution in [0.15, 0.2) is 30.3 Å². The van der Waals surface area contributed by atoms with Crippen molar-refractivity contribution < 1.29 is 53.2 Å². The molecule has 0 radical (unpaired) electrons. The van der Waals surface area contributed by atoms with Crippen LogP contribution in [-0.2, 0) is 44.7 Å². The Morgan fingerprint density at radius 1 is 0.895 bits per heavy atom. The zero-order chi connectivity index (χ0) is 43.4. The number of aliphatic hydroxyl groups is 2. The fourth-order valence-electron chi connectivity index (χ4n) is 6.66. The molecule has 0 aliphatic heterocycles. The number of ether oxygens (including phenoxy) is 2. The molecule has 1 aliphatic rings. The minimum atomic E-state index is -2.15. The predicted molar refractivity (Wildman–Crippen MR) is 210 cm³/mol.